The Morgan fingerprint density at radius 3 is 2.62 bits per heavy atom. The molecule has 0 aliphatic carbocycles. The van der Waals surface area contributed by atoms with E-state index < -0.39 is 28.7 Å². The molecule has 0 radical (unpaired) electrons. The fraction of sp³-hybridized carbons (Fsp3) is 0.125. The second-order valence-corrected chi connectivity index (χ2v) is 5.94. The highest BCUT2D eigenvalue weighted by Gasteiger charge is 2.18. The van der Waals surface area contributed by atoms with Gasteiger partial charge in [0, 0.05) is 17.7 Å². The molecule has 0 aromatic heterocycles. The molecule has 0 aliphatic heterocycles. The molecule has 0 aliphatic rings. The average molecular weight is 426 g/mol. The number of ether oxygens (including phenoxy) is 1. The molecule has 1 unspecified atom stereocenters. The average Bonchev–Trinajstić information content (AvgIpc) is 2.61. The Kier molecular flexibility index (Phi) is 6.23. The molecular weight excluding hydrogens is 413 g/mol. The summed E-state index contributed by atoms with van der Waals surface area (Å²) in [6, 6.07) is 8.75. The summed E-state index contributed by atoms with van der Waals surface area (Å²) in [4.78, 5) is 34.0. The summed E-state index contributed by atoms with van der Waals surface area (Å²) in [7, 11) is 0. The van der Waals surface area contributed by atoms with Crippen LogP contribution in [-0.2, 0) is 4.79 Å². The molecule has 136 valence electrons. The van der Waals surface area contributed by atoms with E-state index in [9.17, 15) is 24.1 Å². The van der Waals surface area contributed by atoms with Crippen LogP contribution in [0.3, 0.4) is 0 Å². The topological polar surface area (TPSA) is 111 Å². The number of hydrazine groups is 1. The van der Waals surface area contributed by atoms with Crippen molar-refractivity contribution >= 4 is 33.4 Å². The fourth-order valence-corrected chi connectivity index (χ4v) is 2.31. The molecule has 0 fully saturated rings. The molecule has 2 aromatic carbocycles. The van der Waals surface area contributed by atoms with Crippen molar-refractivity contribution in [2.75, 3.05) is 0 Å². The van der Waals surface area contributed by atoms with Gasteiger partial charge in [0.05, 0.1) is 9.40 Å². The maximum Gasteiger partial charge on any atom is 0.279 e. The lowest BCUT2D eigenvalue weighted by atomic mass is 10.2. The molecule has 0 heterocycles. The second kappa shape index (κ2) is 8.39. The van der Waals surface area contributed by atoms with Gasteiger partial charge in [0.2, 0.25) is 0 Å². The van der Waals surface area contributed by atoms with E-state index in [1.54, 1.807) is 0 Å². The highest BCUT2D eigenvalue weighted by molar-refractivity contribution is 9.10. The Hall–Kier alpha value is -3.01. The number of carbonyl (C=O) groups is 2. The van der Waals surface area contributed by atoms with Gasteiger partial charge in [-0.1, -0.05) is 6.07 Å². The zero-order chi connectivity index (χ0) is 19.3. The fourth-order valence-electron chi connectivity index (χ4n) is 1.87. The van der Waals surface area contributed by atoms with E-state index in [2.05, 4.69) is 26.8 Å². The molecule has 2 amide bonds. The van der Waals surface area contributed by atoms with Crippen LogP contribution in [0.4, 0.5) is 10.1 Å². The molecule has 1 atom stereocenters. The molecule has 0 saturated heterocycles. The molecule has 0 bridgehead atoms. The number of carbonyl (C=O) groups excluding carboxylic acids is 2. The number of amides is 2. The molecule has 2 N–H and O–H groups in total. The van der Waals surface area contributed by atoms with Crippen molar-refractivity contribution in [3.63, 3.8) is 0 Å². The van der Waals surface area contributed by atoms with Gasteiger partial charge in [0.15, 0.2) is 6.10 Å². The molecule has 2 aromatic rings. The predicted octanol–water partition coefficient (Wildman–Crippen LogP) is 2.72. The number of halogens is 2. The summed E-state index contributed by atoms with van der Waals surface area (Å²) in [6.45, 7) is 1.44. The van der Waals surface area contributed by atoms with Gasteiger partial charge in [-0.3, -0.25) is 30.6 Å². The number of rotatable bonds is 5. The lowest BCUT2D eigenvalue weighted by Gasteiger charge is -2.16. The van der Waals surface area contributed by atoms with Crippen LogP contribution < -0.4 is 15.6 Å². The summed E-state index contributed by atoms with van der Waals surface area (Å²) in [5.74, 6) is -1.61. The lowest BCUT2D eigenvalue weighted by Crippen LogP contribution is -2.47. The summed E-state index contributed by atoms with van der Waals surface area (Å²) in [6.07, 6.45) is -0.998. The van der Waals surface area contributed by atoms with Gasteiger partial charge >= 0.3 is 0 Å². The minimum atomic E-state index is -0.998. The quantitative estimate of drug-likeness (QED) is 0.565. The SMILES string of the molecule is CC(Oc1ccc(F)cc1Br)C(=O)NNC(=O)c1cccc([N+](=O)[O-])c1. The molecule has 0 spiro atoms. The molecule has 8 nitrogen and oxygen atoms in total. The smallest absolute Gasteiger partial charge is 0.279 e. The summed E-state index contributed by atoms with van der Waals surface area (Å²) in [5.41, 5.74) is 4.06. The Bertz CT molecular complexity index is 862. The summed E-state index contributed by atoms with van der Waals surface area (Å²) >= 11 is 3.11. The normalized spacial score (nSPS) is 11.3. The van der Waals surface area contributed by atoms with E-state index in [1.807, 2.05) is 0 Å². The zero-order valence-electron chi connectivity index (χ0n) is 13.4. The highest BCUT2D eigenvalue weighted by atomic mass is 79.9. The van der Waals surface area contributed by atoms with E-state index in [0.717, 1.165) is 6.07 Å². The van der Waals surface area contributed by atoms with Gasteiger partial charge in [0.1, 0.15) is 11.6 Å². The standard InChI is InChI=1S/C16H13BrFN3O5/c1-9(26-14-6-5-11(18)8-13(14)17)15(22)19-20-16(23)10-3-2-4-12(7-10)21(24)25/h2-9H,1H3,(H,19,22)(H,20,23). The minimum Gasteiger partial charge on any atom is -0.480 e. The number of nitrogens with zero attached hydrogens (tertiary/aromatic N) is 1. The van der Waals surface area contributed by atoms with Gasteiger partial charge in [-0.15, -0.1) is 0 Å². The van der Waals surface area contributed by atoms with Crippen molar-refractivity contribution in [1.82, 2.24) is 10.9 Å². The number of benzene rings is 2. The van der Waals surface area contributed by atoms with E-state index in [-0.39, 0.29) is 17.0 Å². The number of nitrogens with one attached hydrogen (secondary N) is 2. The largest absolute Gasteiger partial charge is 0.480 e. The van der Waals surface area contributed by atoms with E-state index in [4.69, 9.17) is 4.74 Å². The van der Waals surface area contributed by atoms with E-state index in [0.29, 0.717) is 4.47 Å². The molecule has 10 heteroatoms. The van der Waals surface area contributed by atoms with E-state index in [1.165, 1.54) is 43.3 Å². The third kappa shape index (κ3) is 4.99. The van der Waals surface area contributed by atoms with Crippen LogP contribution in [0.15, 0.2) is 46.9 Å². The van der Waals surface area contributed by atoms with Crippen LogP contribution in [0.1, 0.15) is 17.3 Å². The summed E-state index contributed by atoms with van der Waals surface area (Å²) in [5, 5.41) is 10.7. The van der Waals surface area contributed by atoms with E-state index >= 15 is 0 Å². The van der Waals surface area contributed by atoms with Gasteiger partial charge in [-0.2, -0.15) is 0 Å². The van der Waals surface area contributed by atoms with Gasteiger partial charge in [-0.05, 0) is 47.1 Å². The van der Waals surface area contributed by atoms with Crippen molar-refractivity contribution in [2.24, 2.45) is 0 Å². The van der Waals surface area contributed by atoms with Crippen LogP contribution in [0.5, 0.6) is 5.75 Å². The minimum absolute atomic E-state index is 0.00866. The van der Waals surface area contributed by atoms with Crippen LogP contribution in [0.2, 0.25) is 0 Å². The molecule has 2 rings (SSSR count). The van der Waals surface area contributed by atoms with Crippen LogP contribution >= 0.6 is 15.9 Å². The van der Waals surface area contributed by atoms with Crippen LogP contribution in [0, 0.1) is 15.9 Å². The maximum absolute atomic E-state index is 13.0. The first-order chi connectivity index (χ1) is 12.3. The van der Waals surface area contributed by atoms with Gasteiger partial charge in [-0.25, -0.2) is 4.39 Å². The third-order valence-electron chi connectivity index (χ3n) is 3.19. The lowest BCUT2D eigenvalue weighted by molar-refractivity contribution is -0.384. The zero-order valence-corrected chi connectivity index (χ0v) is 14.9. The van der Waals surface area contributed by atoms with Gasteiger partial charge in [0.25, 0.3) is 17.5 Å². The number of nitro groups is 1. The highest BCUT2D eigenvalue weighted by Crippen LogP contribution is 2.26. The third-order valence-corrected chi connectivity index (χ3v) is 3.80. The first kappa shape index (κ1) is 19.3. The summed E-state index contributed by atoms with van der Waals surface area (Å²) < 4.78 is 18.8. The molecule has 26 heavy (non-hydrogen) atoms. The van der Waals surface area contributed by atoms with Crippen molar-refractivity contribution in [2.45, 2.75) is 13.0 Å². The molecular formula is C16H13BrFN3O5. The Morgan fingerprint density at radius 2 is 1.96 bits per heavy atom. The monoisotopic (exact) mass is 425 g/mol. The second-order valence-electron chi connectivity index (χ2n) is 5.09. The number of non-ortho nitro benzene ring substituents is 1. The van der Waals surface area contributed by atoms with Crippen molar-refractivity contribution < 1.29 is 23.6 Å². The number of nitro benzene ring substituents is 1. The van der Waals surface area contributed by atoms with Crippen molar-refractivity contribution in [1.29, 1.82) is 0 Å². The molecule has 0 saturated carbocycles. The van der Waals surface area contributed by atoms with Crippen LogP contribution in [0.25, 0.3) is 0 Å². The van der Waals surface area contributed by atoms with Crippen molar-refractivity contribution in [3.05, 3.63) is 68.4 Å². The Morgan fingerprint density at radius 1 is 1.23 bits per heavy atom. The first-order valence-electron chi connectivity index (χ1n) is 7.24. The predicted molar refractivity (Wildman–Crippen MR) is 92.9 cm³/mol. The Labute approximate surface area is 155 Å². The van der Waals surface area contributed by atoms with Crippen LogP contribution in [-0.4, -0.2) is 22.8 Å². The Balaban J connectivity index is 1.94. The number of hydrogen-bond acceptors (Lipinski definition) is 5. The van der Waals surface area contributed by atoms with Gasteiger partial charge < -0.3 is 4.74 Å². The van der Waals surface area contributed by atoms with Crippen molar-refractivity contribution in [3.8, 4) is 5.75 Å². The first-order valence-corrected chi connectivity index (χ1v) is 8.03. The number of hydrogen-bond donors (Lipinski definition) is 2. The maximum atomic E-state index is 13.0.